The Bertz CT molecular complexity index is 758. The molecule has 0 fully saturated rings. The van der Waals surface area contributed by atoms with E-state index in [1.807, 2.05) is 13.0 Å². The Balaban J connectivity index is 2.04. The van der Waals surface area contributed by atoms with Crippen LogP contribution in [0, 0.1) is 0 Å². The molecule has 1 N–H and O–H groups in total. The average molecular weight is 346 g/mol. The zero-order chi connectivity index (χ0) is 17.7. The van der Waals surface area contributed by atoms with Crippen molar-refractivity contribution >= 4 is 29.0 Å². The predicted octanol–water partition coefficient (Wildman–Crippen LogP) is 4.51. The van der Waals surface area contributed by atoms with Crippen LogP contribution in [0.1, 0.15) is 36.7 Å². The molecule has 0 aliphatic carbocycles. The first kappa shape index (κ1) is 18.0. The second-order valence-electron chi connectivity index (χ2n) is 5.49. The van der Waals surface area contributed by atoms with Gasteiger partial charge in [0.15, 0.2) is 11.9 Å². The molecule has 0 aromatic heterocycles. The topological polar surface area (TPSA) is 55.4 Å². The molecule has 0 radical (unpaired) electrons. The Morgan fingerprint density at radius 2 is 1.96 bits per heavy atom. The summed E-state index contributed by atoms with van der Waals surface area (Å²) in [6, 6.07) is 12.1. The van der Waals surface area contributed by atoms with Crippen LogP contribution < -0.4 is 10.1 Å². The first-order chi connectivity index (χ1) is 11.4. The molecule has 2 aromatic rings. The molecule has 0 saturated carbocycles. The highest BCUT2D eigenvalue weighted by Crippen LogP contribution is 2.23. The van der Waals surface area contributed by atoms with E-state index in [0.717, 1.165) is 12.0 Å². The maximum absolute atomic E-state index is 12.3. The largest absolute Gasteiger partial charge is 0.481 e. The van der Waals surface area contributed by atoms with Crippen LogP contribution >= 0.6 is 11.6 Å². The van der Waals surface area contributed by atoms with Crippen LogP contribution in [-0.4, -0.2) is 17.8 Å². The third-order valence-corrected chi connectivity index (χ3v) is 3.99. The monoisotopic (exact) mass is 345 g/mol. The van der Waals surface area contributed by atoms with Crippen LogP contribution in [0.5, 0.6) is 5.75 Å². The number of hydrogen-bond acceptors (Lipinski definition) is 3. The minimum absolute atomic E-state index is 0.0522. The van der Waals surface area contributed by atoms with Crippen LogP contribution in [0.2, 0.25) is 5.02 Å². The maximum atomic E-state index is 12.3. The molecule has 2 aromatic carbocycles. The lowest BCUT2D eigenvalue weighted by Crippen LogP contribution is -2.30. The number of rotatable bonds is 6. The molecule has 0 heterocycles. The van der Waals surface area contributed by atoms with Crippen LogP contribution in [0.3, 0.4) is 0 Å². The number of carbonyl (C=O) groups excluding carboxylic acids is 2. The van der Waals surface area contributed by atoms with E-state index < -0.39 is 6.10 Å². The van der Waals surface area contributed by atoms with E-state index in [4.69, 9.17) is 16.3 Å². The Labute approximate surface area is 146 Å². The summed E-state index contributed by atoms with van der Waals surface area (Å²) in [6.45, 7) is 5.16. The first-order valence-corrected chi connectivity index (χ1v) is 8.15. The fourth-order valence-corrected chi connectivity index (χ4v) is 2.46. The smallest absolute Gasteiger partial charge is 0.265 e. The molecule has 0 aliphatic heterocycles. The summed E-state index contributed by atoms with van der Waals surface area (Å²) in [6.07, 6.45) is 0.103. The molecule has 126 valence electrons. The quantitative estimate of drug-likeness (QED) is 0.783. The molecule has 5 heteroatoms. The van der Waals surface area contributed by atoms with Gasteiger partial charge in [0.05, 0.1) is 0 Å². The molecule has 4 nitrogen and oxygen atoms in total. The molecule has 0 aliphatic rings. The second kappa shape index (κ2) is 7.97. The van der Waals surface area contributed by atoms with Crippen molar-refractivity contribution in [2.45, 2.75) is 33.3 Å². The van der Waals surface area contributed by atoms with Crippen molar-refractivity contribution in [3.63, 3.8) is 0 Å². The van der Waals surface area contributed by atoms with E-state index >= 15 is 0 Å². The summed E-state index contributed by atoms with van der Waals surface area (Å²) in [5, 5.41) is 3.44. The lowest BCUT2D eigenvalue weighted by atomic mass is 10.1. The van der Waals surface area contributed by atoms with Gasteiger partial charge >= 0.3 is 0 Å². The summed E-state index contributed by atoms with van der Waals surface area (Å²) < 4.78 is 5.69. The van der Waals surface area contributed by atoms with Crippen molar-refractivity contribution in [1.29, 1.82) is 0 Å². The molecule has 24 heavy (non-hydrogen) atoms. The summed E-state index contributed by atoms with van der Waals surface area (Å²) in [7, 11) is 0. The highest BCUT2D eigenvalue weighted by Gasteiger charge is 2.16. The van der Waals surface area contributed by atoms with E-state index in [1.165, 1.54) is 6.92 Å². The first-order valence-electron chi connectivity index (χ1n) is 7.77. The van der Waals surface area contributed by atoms with Gasteiger partial charge in [-0.25, -0.2) is 0 Å². The number of Topliss-reactive ketones (excluding diaryl/α,β-unsaturated/α-hetero) is 1. The molecule has 0 bridgehead atoms. The van der Waals surface area contributed by atoms with Crippen molar-refractivity contribution in [3.8, 4) is 5.75 Å². The maximum Gasteiger partial charge on any atom is 0.265 e. The van der Waals surface area contributed by atoms with Crippen LogP contribution in [0.25, 0.3) is 0 Å². The normalized spacial score (nSPS) is 11.7. The minimum Gasteiger partial charge on any atom is -0.481 e. The van der Waals surface area contributed by atoms with Gasteiger partial charge in [-0.3, -0.25) is 9.59 Å². The third kappa shape index (κ3) is 4.59. The standard InChI is InChI=1S/C19H20ClNO3/c1-4-14-11-17(8-9-18(14)20)24-13(3)19(23)21-16-7-5-6-15(10-16)12(2)22/h5-11,13H,4H2,1-3H3,(H,21,23). The van der Waals surface area contributed by atoms with E-state index in [2.05, 4.69) is 5.32 Å². The molecule has 2 rings (SSSR count). The number of aryl methyl sites for hydroxylation is 1. The van der Waals surface area contributed by atoms with Crippen molar-refractivity contribution in [3.05, 3.63) is 58.6 Å². The Hall–Kier alpha value is -2.33. The molecule has 1 atom stereocenters. The summed E-state index contributed by atoms with van der Waals surface area (Å²) in [5.41, 5.74) is 2.08. The fourth-order valence-electron chi connectivity index (χ4n) is 2.21. The number of hydrogen-bond donors (Lipinski definition) is 1. The third-order valence-electron chi connectivity index (χ3n) is 3.62. The number of halogens is 1. The van der Waals surface area contributed by atoms with Crippen molar-refractivity contribution < 1.29 is 14.3 Å². The van der Waals surface area contributed by atoms with Gasteiger partial charge in [0.2, 0.25) is 0 Å². The van der Waals surface area contributed by atoms with Gasteiger partial charge in [0.25, 0.3) is 5.91 Å². The van der Waals surface area contributed by atoms with Gasteiger partial charge in [-0.05, 0) is 56.2 Å². The second-order valence-corrected chi connectivity index (χ2v) is 5.90. The van der Waals surface area contributed by atoms with Gasteiger partial charge in [0.1, 0.15) is 5.75 Å². The highest BCUT2D eigenvalue weighted by atomic mass is 35.5. The van der Waals surface area contributed by atoms with Gasteiger partial charge < -0.3 is 10.1 Å². The van der Waals surface area contributed by atoms with Crippen LogP contribution in [-0.2, 0) is 11.2 Å². The number of carbonyl (C=O) groups is 2. The fraction of sp³-hybridized carbons (Fsp3) is 0.263. The molecular weight excluding hydrogens is 326 g/mol. The van der Waals surface area contributed by atoms with Gasteiger partial charge in [-0.2, -0.15) is 0 Å². The SMILES string of the molecule is CCc1cc(OC(C)C(=O)Nc2cccc(C(C)=O)c2)ccc1Cl. The van der Waals surface area contributed by atoms with Crippen LogP contribution in [0.4, 0.5) is 5.69 Å². The van der Waals surface area contributed by atoms with Crippen LogP contribution in [0.15, 0.2) is 42.5 Å². The number of ether oxygens (including phenoxy) is 1. The zero-order valence-corrected chi connectivity index (χ0v) is 14.7. The number of ketones is 1. The molecule has 0 spiro atoms. The van der Waals surface area contributed by atoms with E-state index in [9.17, 15) is 9.59 Å². The predicted molar refractivity (Wildman–Crippen MR) is 96.0 cm³/mol. The Morgan fingerprint density at radius 3 is 2.62 bits per heavy atom. The molecule has 0 saturated heterocycles. The Kier molecular flexibility index (Phi) is 5.99. The zero-order valence-electron chi connectivity index (χ0n) is 13.9. The molecule has 1 amide bonds. The number of anilines is 1. The lowest BCUT2D eigenvalue weighted by molar-refractivity contribution is -0.122. The number of nitrogens with one attached hydrogen (secondary N) is 1. The van der Waals surface area contributed by atoms with Crippen molar-refractivity contribution in [1.82, 2.24) is 0 Å². The molecule has 1 unspecified atom stereocenters. The van der Waals surface area contributed by atoms with E-state index in [1.54, 1.807) is 43.3 Å². The number of amides is 1. The van der Waals surface area contributed by atoms with Gasteiger partial charge in [-0.1, -0.05) is 30.7 Å². The lowest BCUT2D eigenvalue weighted by Gasteiger charge is -2.16. The minimum atomic E-state index is -0.683. The Morgan fingerprint density at radius 1 is 1.21 bits per heavy atom. The van der Waals surface area contributed by atoms with E-state index in [0.29, 0.717) is 22.0 Å². The van der Waals surface area contributed by atoms with Crippen molar-refractivity contribution in [2.75, 3.05) is 5.32 Å². The van der Waals surface area contributed by atoms with Gasteiger partial charge in [0, 0.05) is 16.3 Å². The number of benzene rings is 2. The summed E-state index contributed by atoms with van der Waals surface area (Å²) in [5.74, 6) is 0.253. The highest BCUT2D eigenvalue weighted by molar-refractivity contribution is 6.31. The average Bonchev–Trinajstić information content (AvgIpc) is 2.56. The van der Waals surface area contributed by atoms with Gasteiger partial charge in [-0.15, -0.1) is 0 Å². The summed E-state index contributed by atoms with van der Waals surface area (Å²) >= 11 is 6.08. The summed E-state index contributed by atoms with van der Waals surface area (Å²) in [4.78, 5) is 23.7. The molecular formula is C19H20ClNO3. The van der Waals surface area contributed by atoms with Crippen molar-refractivity contribution in [2.24, 2.45) is 0 Å². The van der Waals surface area contributed by atoms with E-state index in [-0.39, 0.29) is 11.7 Å².